The lowest BCUT2D eigenvalue weighted by Crippen LogP contribution is -2.12. The molecule has 152 valence electrons. The summed E-state index contributed by atoms with van der Waals surface area (Å²) in [7, 11) is 0. The predicted molar refractivity (Wildman–Crippen MR) is 117 cm³/mol. The van der Waals surface area contributed by atoms with Crippen LogP contribution in [-0.4, -0.2) is 30.4 Å². The third-order valence-corrected chi connectivity index (χ3v) is 5.12. The van der Waals surface area contributed by atoms with Crippen LogP contribution in [0.2, 0.25) is 0 Å². The molecule has 0 aliphatic heterocycles. The number of aryl methyl sites for hydroxylation is 1. The zero-order valence-corrected chi connectivity index (χ0v) is 17.1. The summed E-state index contributed by atoms with van der Waals surface area (Å²) in [6, 6.07) is 14.8. The highest BCUT2D eigenvalue weighted by atomic mass is 32.1. The number of amides is 1. The normalized spacial score (nSPS) is 10.9. The number of para-hydroxylation sites is 2. The van der Waals surface area contributed by atoms with Gasteiger partial charge in [-0.15, -0.1) is 0 Å². The maximum absolute atomic E-state index is 12.9. The number of nitrogens with one attached hydrogen (secondary N) is 2. The van der Waals surface area contributed by atoms with E-state index in [1.54, 1.807) is 31.3 Å². The Bertz CT molecular complexity index is 1400. The van der Waals surface area contributed by atoms with Crippen molar-refractivity contribution in [3.05, 3.63) is 72.3 Å². The van der Waals surface area contributed by atoms with E-state index in [-0.39, 0.29) is 5.91 Å². The van der Waals surface area contributed by atoms with E-state index in [1.165, 1.54) is 17.7 Å². The van der Waals surface area contributed by atoms with Gasteiger partial charge in [0.15, 0.2) is 5.82 Å². The number of carbonyl (C=O) groups excluding carboxylic acids is 1. The van der Waals surface area contributed by atoms with Crippen LogP contribution in [0, 0.1) is 6.92 Å². The fourth-order valence-corrected chi connectivity index (χ4v) is 3.63. The van der Waals surface area contributed by atoms with Crippen molar-refractivity contribution in [3.63, 3.8) is 0 Å². The highest BCUT2D eigenvalue weighted by molar-refractivity contribution is 7.10. The van der Waals surface area contributed by atoms with Crippen molar-refractivity contribution in [3.8, 4) is 11.5 Å². The fraction of sp³-hybridized carbons (Fsp3) is 0.0476. The molecule has 31 heavy (non-hydrogen) atoms. The van der Waals surface area contributed by atoms with E-state index in [0.29, 0.717) is 39.3 Å². The molecule has 3 heterocycles. The first kappa shape index (κ1) is 18.8. The number of rotatable bonds is 5. The van der Waals surface area contributed by atoms with Gasteiger partial charge in [-0.2, -0.15) is 9.36 Å². The first-order valence-corrected chi connectivity index (χ1v) is 10.1. The van der Waals surface area contributed by atoms with Crippen molar-refractivity contribution in [2.75, 3.05) is 10.6 Å². The molecule has 0 saturated heterocycles. The highest BCUT2D eigenvalue weighted by Gasteiger charge is 2.16. The Labute approximate surface area is 180 Å². The Morgan fingerprint density at radius 2 is 1.90 bits per heavy atom. The fourth-order valence-electron chi connectivity index (χ4n) is 2.97. The maximum Gasteiger partial charge on any atom is 0.260 e. The summed E-state index contributed by atoms with van der Waals surface area (Å²) in [6.07, 6.45) is 3.14. The topological polar surface area (TPSA) is 119 Å². The molecule has 0 atom stereocenters. The number of hydrogen-bond acceptors (Lipinski definition) is 9. The molecule has 2 aromatic carbocycles. The summed E-state index contributed by atoms with van der Waals surface area (Å²) >= 11 is 1.17. The number of aromatic nitrogens is 5. The molecule has 0 fully saturated rings. The summed E-state index contributed by atoms with van der Waals surface area (Å²) in [5, 5.41) is 10.4. The standard InChI is InChI=1S/C21H15N7O2S/c1-12-24-20(30-28-12)13-5-4-6-14(9-13)25-19(29)15-10-23-31-21(15)27-18-11-22-16-7-2-3-8-17(16)26-18/h2-11H,1H3,(H,25,29)(H,26,27). The smallest absolute Gasteiger partial charge is 0.260 e. The molecule has 5 rings (SSSR count). The molecule has 0 aliphatic rings. The molecule has 3 aromatic heterocycles. The van der Waals surface area contributed by atoms with Gasteiger partial charge >= 0.3 is 0 Å². The Hall–Kier alpha value is -4.18. The number of benzene rings is 2. The third-order valence-electron chi connectivity index (χ3n) is 4.40. The zero-order valence-electron chi connectivity index (χ0n) is 16.2. The van der Waals surface area contributed by atoms with E-state index in [9.17, 15) is 4.79 Å². The Morgan fingerprint density at radius 3 is 2.74 bits per heavy atom. The minimum Gasteiger partial charge on any atom is -0.334 e. The van der Waals surface area contributed by atoms with Gasteiger partial charge in [0.25, 0.3) is 11.8 Å². The van der Waals surface area contributed by atoms with Gasteiger partial charge in [0.2, 0.25) is 0 Å². The van der Waals surface area contributed by atoms with Crippen LogP contribution < -0.4 is 10.6 Å². The lowest BCUT2D eigenvalue weighted by atomic mass is 10.2. The van der Waals surface area contributed by atoms with E-state index < -0.39 is 0 Å². The van der Waals surface area contributed by atoms with Crippen LogP contribution in [0.25, 0.3) is 22.5 Å². The molecule has 9 nitrogen and oxygen atoms in total. The van der Waals surface area contributed by atoms with Gasteiger partial charge < -0.3 is 15.2 Å². The minimum atomic E-state index is -0.302. The second kappa shape index (κ2) is 7.92. The Balaban J connectivity index is 1.36. The van der Waals surface area contributed by atoms with Gasteiger partial charge in [0.05, 0.1) is 29.0 Å². The molecule has 0 saturated carbocycles. The summed E-state index contributed by atoms with van der Waals surface area (Å²) < 4.78 is 9.34. The highest BCUT2D eigenvalue weighted by Crippen LogP contribution is 2.27. The van der Waals surface area contributed by atoms with Gasteiger partial charge in [-0.1, -0.05) is 23.4 Å². The first-order chi connectivity index (χ1) is 15.2. The molecule has 0 spiro atoms. The molecule has 0 unspecified atom stereocenters. The van der Waals surface area contributed by atoms with Crippen molar-refractivity contribution in [2.24, 2.45) is 0 Å². The van der Waals surface area contributed by atoms with Crippen LogP contribution in [0.3, 0.4) is 0 Å². The van der Waals surface area contributed by atoms with E-state index >= 15 is 0 Å². The molecule has 5 aromatic rings. The van der Waals surface area contributed by atoms with E-state index in [1.807, 2.05) is 30.3 Å². The summed E-state index contributed by atoms with van der Waals surface area (Å²) in [6.45, 7) is 1.75. The number of nitrogens with zero attached hydrogens (tertiary/aromatic N) is 5. The second-order valence-corrected chi connectivity index (χ2v) is 7.42. The van der Waals surface area contributed by atoms with Gasteiger partial charge in [-0.3, -0.25) is 9.78 Å². The number of fused-ring (bicyclic) bond motifs is 1. The van der Waals surface area contributed by atoms with Crippen molar-refractivity contribution in [2.45, 2.75) is 6.92 Å². The van der Waals surface area contributed by atoms with Crippen LogP contribution in [0.4, 0.5) is 16.5 Å². The van der Waals surface area contributed by atoms with Crippen molar-refractivity contribution >= 4 is 45.0 Å². The van der Waals surface area contributed by atoms with Crippen molar-refractivity contribution < 1.29 is 9.32 Å². The Morgan fingerprint density at radius 1 is 1.03 bits per heavy atom. The lowest BCUT2D eigenvalue weighted by Gasteiger charge is -2.08. The van der Waals surface area contributed by atoms with Gasteiger partial charge in [-0.25, -0.2) is 4.98 Å². The van der Waals surface area contributed by atoms with Crippen LogP contribution in [0.1, 0.15) is 16.2 Å². The molecule has 1 amide bonds. The summed E-state index contributed by atoms with van der Waals surface area (Å²) in [5.74, 6) is 1.17. The third kappa shape index (κ3) is 3.96. The summed E-state index contributed by atoms with van der Waals surface area (Å²) in [5.41, 5.74) is 3.27. The van der Waals surface area contributed by atoms with Crippen LogP contribution >= 0.6 is 11.5 Å². The van der Waals surface area contributed by atoms with Crippen LogP contribution in [0.5, 0.6) is 0 Å². The Kier molecular flexibility index (Phi) is 4.81. The number of anilines is 3. The van der Waals surface area contributed by atoms with Crippen LogP contribution in [-0.2, 0) is 0 Å². The number of hydrogen-bond donors (Lipinski definition) is 2. The molecule has 2 N–H and O–H groups in total. The molecule has 0 bridgehead atoms. The lowest BCUT2D eigenvalue weighted by molar-refractivity contribution is 0.102. The van der Waals surface area contributed by atoms with Gasteiger partial charge in [0, 0.05) is 11.3 Å². The predicted octanol–water partition coefficient (Wildman–Crippen LogP) is 4.44. The SMILES string of the molecule is Cc1noc(-c2cccc(NC(=O)c3cnsc3Nc3cnc4ccccc4n3)c2)n1. The average molecular weight is 429 g/mol. The number of carbonyl (C=O) groups is 1. The molecule has 0 aliphatic carbocycles. The first-order valence-electron chi connectivity index (χ1n) is 9.31. The monoisotopic (exact) mass is 429 g/mol. The molecule has 0 radical (unpaired) electrons. The van der Waals surface area contributed by atoms with E-state index in [2.05, 4.69) is 35.1 Å². The van der Waals surface area contributed by atoms with E-state index in [4.69, 9.17) is 4.52 Å². The van der Waals surface area contributed by atoms with E-state index in [0.717, 1.165) is 11.0 Å². The summed E-state index contributed by atoms with van der Waals surface area (Å²) in [4.78, 5) is 26.0. The molecular weight excluding hydrogens is 414 g/mol. The zero-order chi connectivity index (χ0) is 21.2. The molecular formula is C21H15N7O2S. The average Bonchev–Trinajstić information content (AvgIpc) is 3.43. The quantitative estimate of drug-likeness (QED) is 0.421. The van der Waals surface area contributed by atoms with Gasteiger partial charge in [-0.05, 0) is 48.8 Å². The van der Waals surface area contributed by atoms with Gasteiger partial charge in [0.1, 0.15) is 10.8 Å². The maximum atomic E-state index is 12.9. The van der Waals surface area contributed by atoms with Crippen LogP contribution in [0.15, 0.2) is 65.4 Å². The second-order valence-electron chi connectivity index (χ2n) is 6.62. The molecule has 10 heteroatoms. The van der Waals surface area contributed by atoms with Crippen molar-refractivity contribution in [1.82, 2.24) is 24.5 Å². The largest absolute Gasteiger partial charge is 0.334 e. The minimum absolute atomic E-state index is 0.302. The van der Waals surface area contributed by atoms with Crippen molar-refractivity contribution in [1.29, 1.82) is 0 Å².